The first-order valence-electron chi connectivity index (χ1n) is 19.9. The average molecular weight is 645 g/mol. The normalized spacial score (nSPS) is 11.6. The second-order valence-corrected chi connectivity index (χ2v) is 14.6. The third kappa shape index (κ3) is 38.1. The minimum Gasteiger partial charge on any atom is -1.00 e. The number of quaternary nitrogens is 1. The van der Waals surface area contributed by atoms with E-state index in [1.807, 2.05) is 0 Å². The molecule has 0 fully saturated rings. The standard InChI is InChI=1S/C40H82NO2.ClH/c1-5-7-9-11-13-15-17-19-21-22-24-26-28-30-32-34-36-41(3,4)37-38-43-39-40(42)35-33-31-29-27-25-23-20-18-16-14-12-10-8-6-2;/h5-39H2,1-4H3;1H/q+1;/p-1. The van der Waals surface area contributed by atoms with E-state index in [0.29, 0.717) is 25.4 Å². The maximum Gasteiger partial charge on any atom is 0.158 e. The number of unbranched alkanes of at least 4 members (excludes halogenated alkanes) is 28. The molecule has 0 rings (SSSR count). The Kier molecular flexibility index (Phi) is 39.0. The molecule has 0 aliphatic rings. The molecule has 0 N–H and O–H groups in total. The summed E-state index contributed by atoms with van der Waals surface area (Å²) in [4.78, 5) is 12.2. The maximum atomic E-state index is 12.2. The molecule has 0 aliphatic heterocycles. The molecule has 0 spiro atoms. The highest BCUT2D eigenvalue weighted by molar-refractivity contribution is 5.79. The van der Waals surface area contributed by atoms with Gasteiger partial charge in [0, 0.05) is 6.42 Å². The molecular formula is C40H82ClNO2. The Bertz CT molecular complexity index is 553. The predicted molar refractivity (Wildman–Crippen MR) is 192 cm³/mol. The summed E-state index contributed by atoms with van der Waals surface area (Å²) in [6, 6.07) is 0. The molecule has 0 aromatic carbocycles. The van der Waals surface area contributed by atoms with E-state index in [1.54, 1.807) is 0 Å². The molecule has 4 heteroatoms. The molecule has 44 heavy (non-hydrogen) atoms. The van der Waals surface area contributed by atoms with Crippen LogP contribution in [0.1, 0.15) is 213 Å². The van der Waals surface area contributed by atoms with E-state index in [0.717, 1.165) is 17.4 Å². The zero-order valence-corrected chi connectivity index (χ0v) is 31.6. The highest BCUT2D eigenvalue weighted by Crippen LogP contribution is 2.15. The van der Waals surface area contributed by atoms with Gasteiger partial charge in [-0.1, -0.05) is 187 Å². The first kappa shape index (κ1) is 46.0. The van der Waals surface area contributed by atoms with Crippen LogP contribution < -0.4 is 12.4 Å². The Morgan fingerprint density at radius 1 is 0.432 bits per heavy atom. The van der Waals surface area contributed by atoms with Gasteiger partial charge in [-0.05, 0) is 19.3 Å². The van der Waals surface area contributed by atoms with Crippen molar-refractivity contribution < 1.29 is 26.4 Å². The van der Waals surface area contributed by atoms with Gasteiger partial charge in [0.1, 0.15) is 13.2 Å². The lowest BCUT2D eigenvalue weighted by atomic mass is 10.0. The maximum absolute atomic E-state index is 12.2. The molecule has 0 amide bonds. The minimum atomic E-state index is 0. The lowest BCUT2D eigenvalue weighted by Gasteiger charge is -2.29. The van der Waals surface area contributed by atoms with E-state index >= 15 is 0 Å². The zero-order chi connectivity index (χ0) is 31.5. The first-order valence-corrected chi connectivity index (χ1v) is 19.9. The fourth-order valence-electron chi connectivity index (χ4n) is 6.29. The molecule has 0 aromatic heterocycles. The topological polar surface area (TPSA) is 26.3 Å². The van der Waals surface area contributed by atoms with Crippen LogP contribution in [0.5, 0.6) is 0 Å². The van der Waals surface area contributed by atoms with Crippen LogP contribution in [0.2, 0.25) is 0 Å². The number of ether oxygens (including phenoxy) is 1. The molecule has 0 unspecified atom stereocenters. The quantitative estimate of drug-likeness (QED) is 0.0497. The molecule has 3 nitrogen and oxygen atoms in total. The largest absolute Gasteiger partial charge is 1.00 e. The van der Waals surface area contributed by atoms with Crippen molar-refractivity contribution in [1.29, 1.82) is 0 Å². The lowest BCUT2D eigenvalue weighted by molar-refractivity contribution is -0.890. The summed E-state index contributed by atoms with van der Waals surface area (Å²) in [5, 5.41) is 0. The summed E-state index contributed by atoms with van der Waals surface area (Å²) in [5.74, 6) is 0.294. The van der Waals surface area contributed by atoms with Gasteiger partial charge in [-0.3, -0.25) is 4.79 Å². The summed E-state index contributed by atoms with van der Waals surface area (Å²) < 4.78 is 6.77. The van der Waals surface area contributed by atoms with E-state index in [4.69, 9.17) is 4.74 Å². The molecule has 0 radical (unpaired) electrons. The SMILES string of the molecule is CCCCCCCCCCCCCCCCCC[N+](C)(C)CCOCC(=O)CCCCCCCCCCCCCCCC.[Cl-]. The average Bonchev–Trinajstić information content (AvgIpc) is 2.99. The van der Waals surface area contributed by atoms with Crippen LogP contribution in [-0.2, 0) is 9.53 Å². The Morgan fingerprint density at radius 3 is 1.07 bits per heavy atom. The molecule has 0 heterocycles. The first-order chi connectivity index (χ1) is 21.0. The van der Waals surface area contributed by atoms with Crippen LogP contribution in [-0.4, -0.2) is 50.7 Å². The number of carbonyl (C=O) groups excluding carboxylic acids is 1. The van der Waals surface area contributed by atoms with Crippen LogP contribution in [0.15, 0.2) is 0 Å². The van der Waals surface area contributed by atoms with Crippen molar-refractivity contribution in [3.8, 4) is 0 Å². The van der Waals surface area contributed by atoms with Crippen molar-refractivity contribution in [2.45, 2.75) is 213 Å². The van der Waals surface area contributed by atoms with Crippen LogP contribution in [0.25, 0.3) is 0 Å². The molecule has 266 valence electrons. The fourth-order valence-corrected chi connectivity index (χ4v) is 6.29. The number of hydrogen-bond acceptors (Lipinski definition) is 2. The van der Waals surface area contributed by atoms with Gasteiger partial charge in [-0.2, -0.15) is 0 Å². The number of halogens is 1. The van der Waals surface area contributed by atoms with Crippen LogP contribution in [0.3, 0.4) is 0 Å². The van der Waals surface area contributed by atoms with Crippen LogP contribution >= 0.6 is 0 Å². The Hall–Kier alpha value is -0.120. The summed E-state index contributed by atoms with van der Waals surface area (Å²) >= 11 is 0. The highest BCUT2D eigenvalue weighted by atomic mass is 35.5. The summed E-state index contributed by atoms with van der Waals surface area (Å²) in [7, 11) is 4.62. The molecule has 0 saturated heterocycles. The van der Waals surface area contributed by atoms with E-state index in [2.05, 4.69) is 27.9 Å². The Labute approximate surface area is 284 Å². The minimum absolute atomic E-state index is 0. The Balaban J connectivity index is 0. The number of Topliss-reactive ketones (excluding diaryl/α,β-unsaturated/α-hetero) is 1. The van der Waals surface area contributed by atoms with Gasteiger partial charge in [-0.25, -0.2) is 0 Å². The second-order valence-electron chi connectivity index (χ2n) is 14.6. The van der Waals surface area contributed by atoms with E-state index in [9.17, 15) is 4.79 Å². The molecular weight excluding hydrogens is 562 g/mol. The highest BCUT2D eigenvalue weighted by Gasteiger charge is 2.14. The zero-order valence-electron chi connectivity index (χ0n) is 30.9. The number of ketones is 1. The van der Waals surface area contributed by atoms with Gasteiger partial charge in [0.2, 0.25) is 0 Å². The third-order valence-corrected chi connectivity index (χ3v) is 9.53. The number of likely N-dealkylation sites (N-methyl/N-ethyl adjacent to an activating group) is 1. The number of nitrogens with zero attached hydrogens (tertiary/aromatic N) is 1. The van der Waals surface area contributed by atoms with E-state index < -0.39 is 0 Å². The third-order valence-electron chi connectivity index (χ3n) is 9.53. The van der Waals surface area contributed by atoms with Gasteiger partial charge in [0.15, 0.2) is 5.78 Å². The lowest BCUT2D eigenvalue weighted by Crippen LogP contribution is -3.00. The van der Waals surface area contributed by atoms with Crippen molar-refractivity contribution in [3.05, 3.63) is 0 Å². The number of hydrogen-bond donors (Lipinski definition) is 0. The smallest absolute Gasteiger partial charge is 0.158 e. The molecule has 0 aromatic rings. The summed E-state index contributed by atoms with van der Waals surface area (Å²) in [6.45, 7) is 7.83. The molecule has 0 aliphatic carbocycles. The van der Waals surface area contributed by atoms with Gasteiger partial charge in [0.05, 0.1) is 27.2 Å². The van der Waals surface area contributed by atoms with Crippen molar-refractivity contribution >= 4 is 5.78 Å². The van der Waals surface area contributed by atoms with Crippen molar-refractivity contribution in [3.63, 3.8) is 0 Å². The summed E-state index contributed by atoms with van der Waals surface area (Å²) in [6.07, 6.45) is 42.5. The van der Waals surface area contributed by atoms with Gasteiger partial charge in [0.25, 0.3) is 0 Å². The van der Waals surface area contributed by atoms with Crippen LogP contribution in [0.4, 0.5) is 0 Å². The predicted octanol–water partition coefficient (Wildman–Crippen LogP) is 9.79. The van der Waals surface area contributed by atoms with Gasteiger partial charge in [-0.15, -0.1) is 0 Å². The molecule has 0 bridgehead atoms. The second kappa shape index (κ2) is 37.3. The van der Waals surface area contributed by atoms with Gasteiger partial charge >= 0.3 is 0 Å². The molecule has 0 atom stereocenters. The monoisotopic (exact) mass is 644 g/mol. The van der Waals surface area contributed by atoms with Crippen molar-refractivity contribution in [2.24, 2.45) is 0 Å². The van der Waals surface area contributed by atoms with Crippen molar-refractivity contribution in [1.82, 2.24) is 0 Å². The Morgan fingerprint density at radius 2 is 0.727 bits per heavy atom. The molecule has 0 saturated carbocycles. The van der Waals surface area contributed by atoms with E-state index in [1.165, 1.54) is 193 Å². The van der Waals surface area contributed by atoms with Gasteiger partial charge < -0.3 is 21.6 Å². The van der Waals surface area contributed by atoms with E-state index in [-0.39, 0.29) is 12.4 Å². The number of rotatable bonds is 37. The van der Waals surface area contributed by atoms with Crippen LogP contribution in [0, 0.1) is 0 Å². The summed E-state index contributed by atoms with van der Waals surface area (Å²) in [5.41, 5.74) is 0. The fraction of sp³-hybridized carbons (Fsp3) is 0.975. The number of carbonyl (C=O) groups is 1. The van der Waals surface area contributed by atoms with Crippen molar-refractivity contribution in [2.75, 3.05) is 40.4 Å².